The number of halogens is 1. The maximum atomic E-state index is 14.2. The number of methoxy groups -OCH3 is 1. The van der Waals surface area contributed by atoms with Crippen molar-refractivity contribution >= 4 is 9.84 Å². The molecule has 0 unspecified atom stereocenters. The van der Waals surface area contributed by atoms with Crippen molar-refractivity contribution in [1.29, 1.82) is 0 Å². The van der Waals surface area contributed by atoms with Crippen LogP contribution in [0.3, 0.4) is 0 Å². The molecule has 0 atom stereocenters. The molecule has 6 heteroatoms. The third-order valence-electron chi connectivity index (χ3n) is 3.48. The van der Waals surface area contributed by atoms with E-state index in [2.05, 4.69) is 0 Å². The van der Waals surface area contributed by atoms with E-state index in [9.17, 15) is 12.8 Å². The van der Waals surface area contributed by atoms with E-state index >= 15 is 0 Å². The number of hydrogen-bond donors (Lipinski definition) is 1. The van der Waals surface area contributed by atoms with Gasteiger partial charge >= 0.3 is 0 Å². The number of benzene rings is 1. The van der Waals surface area contributed by atoms with Crippen molar-refractivity contribution < 1.29 is 17.5 Å². The summed E-state index contributed by atoms with van der Waals surface area (Å²) in [6, 6.07) is 2.90. The van der Waals surface area contributed by atoms with Gasteiger partial charge in [-0.1, -0.05) is 6.07 Å². The van der Waals surface area contributed by atoms with Gasteiger partial charge in [-0.2, -0.15) is 0 Å². The molecule has 18 heavy (non-hydrogen) atoms. The fourth-order valence-corrected chi connectivity index (χ4v) is 2.91. The van der Waals surface area contributed by atoms with E-state index in [1.54, 1.807) is 6.07 Å². The molecule has 0 spiro atoms. The Morgan fingerprint density at radius 2 is 2.06 bits per heavy atom. The van der Waals surface area contributed by atoms with Crippen molar-refractivity contribution in [2.24, 2.45) is 5.73 Å². The molecule has 0 saturated heterocycles. The summed E-state index contributed by atoms with van der Waals surface area (Å²) in [6.45, 7) is 0.404. The quantitative estimate of drug-likeness (QED) is 0.895. The minimum Gasteiger partial charge on any atom is -0.493 e. The Labute approximate surface area is 106 Å². The molecular formula is C12H16FNO3S. The topological polar surface area (TPSA) is 69.4 Å². The summed E-state index contributed by atoms with van der Waals surface area (Å²) >= 11 is 0. The minimum atomic E-state index is -3.60. The Hall–Kier alpha value is -1.14. The summed E-state index contributed by atoms with van der Waals surface area (Å²) in [5, 5.41) is 0. The van der Waals surface area contributed by atoms with Crippen LogP contribution in [-0.2, 0) is 15.3 Å². The average molecular weight is 273 g/mol. The molecule has 1 aromatic rings. The van der Waals surface area contributed by atoms with Gasteiger partial charge in [0.1, 0.15) is 4.90 Å². The van der Waals surface area contributed by atoms with E-state index in [4.69, 9.17) is 10.5 Å². The van der Waals surface area contributed by atoms with E-state index in [0.717, 1.165) is 19.1 Å². The summed E-state index contributed by atoms with van der Waals surface area (Å²) in [4.78, 5) is -0.337. The van der Waals surface area contributed by atoms with Gasteiger partial charge in [-0.3, -0.25) is 0 Å². The van der Waals surface area contributed by atoms with Crippen LogP contribution < -0.4 is 10.5 Å². The Morgan fingerprint density at radius 3 is 2.44 bits per heavy atom. The zero-order valence-corrected chi connectivity index (χ0v) is 11.2. The second-order valence-corrected chi connectivity index (χ2v) is 6.70. The molecule has 1 saturated carbocycles. The molecule has 1 fully saturated rings. The van der Waals surface area contributed by atoms with Gasteiger partial charge in [0.05, 0.1) is 7.11 Å². The maximum absolute atomic E-state index is 14.2. The van der Waals surface area contributed by atoms with Crippen LogP contribution >= 0.6 is 0 Å². The predicted molar refractivity (Wildman–Crippen MR) is 66.0 cm³/mol. The molecule has 1 aromatic carbocycles. The Bertz CT molecular complexity index is 579. The largest absolute Gasteiger partial charge is 0.493 e. The van der Waals surface area contributed by atoms with Crippen LogP contribution in [0.25, 0.3) is 0 Å². The number of ether oxygens (including phenoxy) is 1. The van der Waals surface area contributed by atoms with Crippen LogP contribution in [0, 0.1) is 5.82 Å². The van der Waals surface area contributed by atoms with Crippen LogP contribution in [0.1, 0.15) is 18.4 Å². The summed E-state index contributed by atoms with van der Waals surface area (Å²) in [7, 11) is -2.27. The number of hydrogen-bond acceptors (Lipinski definition) is 4. The van der Waals surface area contributed by atoms with Crippen LogP contribution in [0.15, 0.2) is 17.0 Å². The van der Waals surface area contributed by atoms with Gasteiger partial charge in [-0.05, 0) is 18.9 Å². The van der Waals surface area contributed by atoms with Gasteiger partial charge in [-0.25, -0.2) is 12.8 Å². The number of nitrogens with two attached hydrogens (primary N) is 1. The SMILES string of the molecule is COc1c(C2(CN)CC2)ccc(S(C)(=O)=O)c1F. The molecule has 0 bridgehead atoms. The second kappa shape index (κ2) is 4.20. The van der Waals surface area contributed by atoms with Crippen molar-refractivity contribution in [3.63, 3.8) is 0 Å². The maximum Gasteiger partial charge on any atom is 0.183 e. The fraction of sp³-hybridized carbons (Fsp3) is 0.500. The van der Waals surface area contributed by atoms with E-state index < -0.39 is 15.7 Å². The van der Waals surface area contributed by atoms with Crippen molar-refractivity contribution in [2.75, 3.05) is 19.9 Å². The van der Waals surface area contributed by atoms with E-state index in [1.165, 1.54) is 13.2 Å². The third kappa shape index (κ3) is 1.99. The van der Waals surface area contributed by atoms with Gasteiger partial charge in [0.25, 0.3) is 0 Å². The van der Waals surface area contributed by atoms with Crippen LogP contribution in [-0.4, -0.2) is 28.3 Å². The predicted octanol–water partition coefficient (Wildman–Crippen LogP) is 1.23. The van der Waals surface area contributed by atoms with Gasteiger partial charge in [0.15, 0.2) is 21.4 Å². The first kappa shape index (κ1) is 13.3. The van der Waals surface area contributed by atoms with Crippen LogP contribution in [0.4, 0.5) is 4.39 Å². The van der Waals surface area contributed by atoms with Crippen molar-refractivity contribution in [2.45, 2.75) is 23.2 Å². The minimum absolute atomic E-state index is 0.000810. The van der Waals surface area contributed by atoms with Crippen molar-refractivity contribution in [1.82, 2.24) is 0 Å². The molecule has 0 aliphatic heterocycles. The van der Waals surface area contributed by atoms with Crippen molar-refractivity contribution in [3.8, 4) is 5.75 Å². The summed E-state index contributed by atoms with van der Waals surface area (Å²) in [5.41, 5.74) is 6.12. The Kier molecular flexibility index (Phi) is 3.11. The zero-order valence-electron chi connectivity index (χ0n) is 10.4. The Balaban J connectivity index is 2.63. The molecule has 100 valence electrons. The monoisotopic (exact) mass is 273 g/mol. The van der Waals surface area contributed by atoms with E-state index in [-0.39, 0.29) is 16.1 Å². The van der Waals surface area contributed by atoms with Gasteiger partial charge in [0.2, 0.25) is 0 Å². The summed E-state index contributed by atoms with van der Waals surface area (Å²) in [6.07, 6.45) is 2.72. The zero-order chi connectivity index (χ0) is 13.6. The second-order valence-electron chi connectivity index (χ2n) is 4.72. The first-order valence-electron chi connectivity index (χ1n) is 5.63. The lowest BCUT2D eigenvalue weighted by Crippen LogP contribution is -2.21. The smallest absolute Gasteiger partial charge is 0.183 e. The molecule has 1 aliphatic carbocycles. The molecule has 4 nitrogen and oxygen atoms in total. The molecule has 0 amide bonds. The lowest BCUT2D eigenvalue weighted by atomic mass is 9.95. The lowest BCUT2D eigenvalue weighted by molar-refractivity contribution is 0.370. The standard InChI is InChI=1S/C12H16FNO3S/c1-17-11-8(12(7-14)5-6-12)3-4-9(10(11)13)18(2,15)16/h3-4H,5-7,14H2,1-2H3. The van der Waals surface area contributed by atoms with Gasteiger partial charge < -0.3 is 10.5 Å². The first-order chi connectivity index (χ1) is 8.35. The van der Waals surface area contributed by atoms with Crippen molar-refractivity contribution in [3.05, 3.63) is 23.5 Å². The van der Waals surface area contributed by atoms with E-state index in [0.29, 0.717) is 12.1 Å². The lowest BCUT2D eigenvalue weighted by Gasteiger charge is -2.18. The molecule has 0 aromatic heterocycles. The van der Waals surface area contributed by atoms with Crippen LogP contribution in [0.5, 0.6) is 5.75 Å². The Morgan fingerprint density at radius 1 is 1.44 bits per heavy atom. The number of sulfone groups is 1. The summed E-state index contributed by atoms with van der Waals surface area (Å²) in [5.74, 6) is -0.821. The van der Waals surface area contributed by atoms with Gasteiger partial charge in [-0.15, -0.1) is 0 Å². The normalized spacial score (nSPS) is 17.6. The highest BCUT2D eigenvalue weighted by Crippen LogP contribution is 2.51. The van der Waals surface area contributed by atoms with Gasteiger partial charge in [0, 0.05) is 23.8 Å². The molecule has 2 N–H and O–H groups in total. The molecule has 0 radical (unpaired) electrons. The highest BCUT2D eigenvalue weighted by Gasteiger charge is 2.45. The highest BCUT2D eigenvalue weighted by molar-refractivity contribution is 7.90. The van der Waals surface area contributed by atoms with Crippen LogP contribution in [0.2, 0.25) is 0 Å². The molecular weight excluding hydrogens is 257 g/mol. The molecule has 0 heterocycles. The third-order valence-corrected chi connectivity index (χ3v) is 4.60. The highest BCUT2D eigenvalue weighted by atomic mass is 32.2. The first-order valence-corrected chi connectivity index (χ1v) is 7.52. The average Bonchev–Trinajstić information content (AvgIpc) is 3.07. The summed E-state index contributed by atoms with van der Waals surface area (Å²) < 4.78 is 42.1. The van der Waals surface area contributed by atoms with E-state index in [1.807, 2.05) is 0 Å². The number of rotatable bonds is 4. The molecule has 1 aliphatic rings. The fourth-order valence-electron chi connectivity index (χ4n) is 2.18. The molecule has 2 rings (SSSR count).